The van der Waals surface area contributed by atoms with Crippen LogP contribution in [0.1, 0.15) is 28.2 Å². The summed E-state index contributed by atoms with van der Waals surface area (Å²) in [5.74, 6) is 0.982. The van der Waals surface area contributed by atoms with Crippen LogP contribution in [-0.4, -0.2) is 9.97 Å². The average Bonchev–Trinajstić information content (AvgIpc) is 2.58. The van der Waals surface area contributed by atoms with Crippen molar-refractivity contribution >= 4 is 0 Å². The van der Waals surface area contributed by atoms with Gasteiger partial charge in [-0.2, -0.15) is 0 Å². The summed E-state index contributed by atoms with van der Waals surface area (Å²) < 4.78 is 0. The maximum atomic E-state index is 4.21. The number of hydrogen-bond acceptors (Lipinski definition) is 1. The number of aromatic amines is 1. The van der Waals surface area contributed by atoms with E-state index in [9.17, 15) is 0 Å². The van der Waals surface area contributed by atoms with Crippen molar-refractivity contribution in [1.82, 2.24) is 9.97 Å². The Morgan fingerprint density at radius 3 is 2.67 bits per heavy atom. The minimum Gasteiger partial charge on any atom is -0.346 e. The fourth-order valence-corrected chi connectivity index (χ4v) is 1.76. The number of aryl methyl sites for hydroxylation is 3. The monoisotopic (exact) mass is 200 g/mol. The van der Waals surface area contributed by atoms with E-state index in [1.165, 1.54) is 22.4 Å². The Morgan fingerprint density at radius 2 is 2.00 bits per heavy atom. The van der Waals surface area contributed by atoms with Gasteiger partial charge in [-0.15, -0.1) is 0 Å². The molecule has 0 bridgehead atoms. The third-order valence-corrected chi connectivity index (χ3v) is 2.64. The maximum absolute atomic E-state index is 4.21. The van der Waals surface area contributed by atoms with E-state index < -0.39 is 0 Å². The van der Waals surface area contributed by atoms with E-state index in [4.69, 9.17) is 0 Å². The molecule has 0 atom stereocenters. The van der Waals surface area contributed by atoms with Gasteiger partial charge in [-0.1, -0.05) is 23.8 Å². The zero-order valence-electron chi connectivity index (χ0n) is 9.46. The minimum atomic E-state index is 0.939. The summed E-state index contributed by atoms with van der Waals surface area (Å²) in [6, 6.07) is 6.57. The quantitative estimate of drug-likeness (QED) is 0.793. The molecular weight excluding hydrogens is 184 g/mol. The summed E-state index contributed by atoms with van der Waals surface area (Å²) >= 11 is 0. The van der Waals surface area contributed by atoms with Gasteiger partial charge in [0.25, 0.3) is 0 Å². The molecule has 1 aromatic heterocycles. The van der Waals surface area contributed by atoms with Gasteiger partial charge in [0.15, 0.2) is 0 Å². The molecule has 2 rings (SSSR count). The highest BCUT2D eigenvalue weighted by molar-refractivity contribution is 5.33. The van der Waals surface area contributed by atoms with E-state index in [1.54, 1.807) is 0 Å². The largest absolute Gasteiger partial charge is 0.346 e. The van der Waals surface area contributed by atoms with Gasteiger partial charge in [-0.25, -0.2) is 4.98 Å². The topological polar surface area (TPSA) is 28.7 Å². The predicted molar refractivity (Wildman–Crippen MR) is 62.0 cm³/mol. The van der Waals surface area contributed by atoms with Crippen LogP contribution in [0.4, 0.5) is 0 Å². The van der Waals surface area contributed by atoms with Crippen molar-refractivity contribution in [2.75, 3.05) is 0 Å². The lowest BCUT2D eigenvalue weighted by molar-refractivity contribution is 1.05. The van der Waals surface area contributed by atoms with Crippen molar-refractivity contribution in [1.29, 1.82) is 0 Å². The third-order valence-electron chi connectivity index (χ3n) is 2.64. The lowest BCUT2D eigenvalue weighted by atomic mass is 10.0. The highest BCUT2D eigenvalue weighted by atomic mass is 14.9. The Balaban J connectivity index is 2.27. The molecule has 2 aromatic rings. The van der Waals surface area contributed by atoms with Gasteiger partial charge in [-0.3, -0.25) is 0 Å². The molecule has 0 unspecified atom stereocenters. The minimum absolute atomic E-state index is 0.939. The number of nitrogens with zero attached hydrogens (tertiary/aromatic N) is 1. The average molecular weight is 200 g/mol. The molecule has 0 aliphatic rings. The first-order valence-corrected chi connectivity index (χ1v) is 5.22. The second-order valence-corrected chi connectivity index (χ2v) is 4.10. The number of rotatable bonds is 2. The molecule has 0 saturated carbocycles. The van der Waals surface area contributed by atoms with Crippen molar-refractivity contribution in [3.63, 3.8) is 0 Å². The van der Waals surface area contributed by atoms with Gasteiger partial charge in [0, 0.05) is 18.3 Å². The summed E-state index contributed by atoms with van der Waals surface area (Å²) in [4.78, 5) is 7.47. The molecule has 1 aromatic carbocycles. The summed E-state index contributed by atoms with van der Waals surface area (Å²) in [5.41, 5.74) is 5.21. The van der Waals surface area contributed by atoms with Crippen LogP contribution in [-0.2, 0) is 6.42 Å². The molecule has 0 spiro atoms. The summed E-state index contributed by atoms with van der Waals surface area (Å²) in [5, 5.41) is 0. The second-order valence-electron chi connectivity index (χ2n) is 4.10. The van der Waals surface area contributed by atoms with Crippen LogP contribution < -0.4 is 0 Å². The molecule has 1 heterocycles. The summed E-state index contributed by atoms with van der Waals surface area (Å²) in [6.07, 6.45) is 2.85. The molecular formula is C13H16N2. The summed E-state index contributed by atoms with van der Waals surface area (Å²) in [6.45, 7) is 6.26. The first-order valence-electron chi connectivity index (χ1n) is 5.22. The van der Waals surface area contributed by atoms with Crippen molar-refractivity contribution in [3.8, 4) is 0 Å². The SMILES string of the molecule is Cc1ccc(C)c(Cc2cnc(C)[nH]2)c1. The first-order chi connectivity index (χ1) is 7.15. The van der Waals surface area contributed by atoms with Gasteiger partial charge < -0.3 is 4.98 Å². The molecule has 0 aliphatic heterocycles. The molecule has 78 valence electrons. The number of hydrogen-bond donors (Lipinski definition) is 1. The number of aromatic nitrogens is 2. The smallest absolute Gasteiger partial charge is 0.103 e. The van der Waals surface area contributed by atoms with Crippen molar-refractivity contribution in [2.24, 2.45) is 0 Å². The van der Waals surface area contributed by atoms with E-state index >= 15 is 0 Å². The lowest BCUT2D eigenvalue weighted by Gasteiger charge is -2.05. The van der Waals surface area contributed by atoms with Crippen molar-refractivity contribution in [2.45, 2.75) is 27.2 Å². The van der Waals surface area contributed by atoms with E-state index in [2.05, 4.69) is 42.0 Å². The van der Waals surface area contributed by atoms with Gasteiger partial charge in [-0.05, 0) is 31.9 Å². The molecule has 0 saturated heterocycles. The lowest BCUT2D eigenvalue weighted by Crippen LogP contribution is -1.93. The number of imidazole rings is 1. The Morgan fingerprint density at radius 1 is 1.20 bits per heavy atom. The van der Waals surface area contributed by atoms with E-state index in [1.807, 2.05) is 13.1 Å². The maximum Gasteiger partial charge on any atom is 0.103 e. The molecule has 0 radical (unpaired) electrons. The first kappa shape index (κ1) is 9.97. The van der Waals surface area contributed by atoms with Gasteiger partial charge in [0.1, 0.15) is 5.82 Å². The molecule has 2 heteroatoms. The Bertz CT molecular complexity index is 469. The van der Waals surface area contributed by atoms with E-state index in [0.29, 0.717) is 0 Å². The number of nitrogens with one attached hydrogen (secondary N) is 1. The number of H-pyrrole nitrogens is 1. The van der Waals surface area contributed by atoms with Crippen LogP contribution >= 0.6 is 0 Å². The van der Waals surface area contributed by atoms with Crippen LogP contribution in [0.2, 0.25) is 0 Å². The molecule has 1 N–H and O–H groups in total. The van der Waals surface area contributed by atoms with Crippen LogP contribution in [0, 0.1) is 20.8 Å². The molecule has 15 heavy (non-hydrogen) atoms. The molecule has 0 aliphatic carbocycles. The Labute approximate surface area is 90.4 Å². The number of benzene rings is 1. The Kier molecular flexibility index (Phi) is 2.58. The fraction of sp³-hybridized carbons (Fsp3) is 0.308. The zero-order valence-corrected chi connectivity index (χ0v) is 9.46. The third kappa shape index (κ3) is 2.27. The predicted octanol–water partition coefficient (Wildman–Crippen LogP) is 2.93. The second kappa shape index (κ2) is 3.89. The van der Waals surface area contributed by atoms with Crippen LogP contribution in [0.25, 0.3) is 0 Å². The highest BCUT2D eigenvalue weighted by Gasteiger charge is 2.02. The van der Waals surface area contributed by atoms with Crippen molar-refractivity contribution < 1.29 is 0 Å². The van der Waals surface area contributed by atoms with E-state index in [0.717, 1.165) is 12.2 Å². The van der Waals surface area contributed by atoms with Gasteiger partial charge in [0.2, 0.25) is 0 Å². The van der Waals surface area contributed by atoms with Crippen LogP contribution in [0.5, 0.6) is 0 Å². The standard InChI is InChI=1S/C13H16N2/c1-9-4-5-10(2)12(6-9)7-13-8-14-11(3)15-13/h4-6,8H,7H2,1-3H3,(H,14,15). The fourth-order valence-electron chi connectivity index (χ4n) is 1.76. The Hall–Kier alpha value is -1.57. The highest BCUT2D eigenvalue weighted by Crippen LogP contribution is 2.14. The molecule has 0 amide bonds. The van der Waals surface area contributed by atoms with Gasteiger partial charge >= 0.3 is 0 Å². The normalized spacial score (nSPS) is 10.6. The molecule has 2 nitrogen and oxygen atoms in total. The van der Waals surface area contributed by atoms with Gasteiger partial charge in [0.05, 0.1) is 0 Å². The van der Waals surface area contributed by atoms with Crippen LogP contribution in [0.3, 0.4) is 0 Å². The van der Waals surface area contributed by atoms with E-state index in [-0.39, 0.29) is 0 Å². The zero-order chi connectivity index (χ0) is 10.8. The van der Waals surface area contributed by atoms with Crippen molar-refractivity contribution in [3.05, 3.63) is 52.6 Å². The van der Waals surface area contributed by atoms with Crippen LogP contribution in [0.15, 0.2) is 24.4 Å². The summed E-state index contributed by atoms with van der Waals surface area (Å²) in [7, 11) is 0. The molecule has 0 fully saturated rings.